The van der Waals surface area contributed by atoms with Crippen LogP contribution in [0.4, 0.5) is 4.79 Å². The first kappa shape index (κ1) is 16.9. The van der Waals surface area contributed by atoms with Crippen LogP contribution in [-0.2, 0) is 14.4 Å². The highest BCUT2D eigenvalue weighted by molar-refractivity contribution is 6.07. The van der Waals surface area contributed by atoms with E-state index in [1.54, 1.807) is 0 Å². The molecule has 4 amide bonds. The summed E-state index contributed by atoms with van der Waals surface area (Å²) in [5.41, 5.74) is -1.13. The number of rotatable bonds is 6. The quantitative estimate of drug-likeness (QED) is 0.594. The Morgan fingerprint density at radius 1 is 1.33 bits per heavy atom. The highest BCUT2D eigenvalue weighted by Crippen LogP contribution is 2.20. The van der Waals surface area contributed by atoms with Crippen molar-refractivity contribution in [1.82, 2.24) is 15.5 Å². The maximum absolute atomic E-state index is 11.9. The molecule has 8 nitrogen and oxygen atoms in total. The van der Waals surface area contributed by atoms with Crippen LogP contribution in [0.1, 0.15) is 34.1 Å². The maximum Gasteiger partial charge on any atom is 0.326 e. The van der Waals surface area contributed by atoms with Gasteiger partial charge < -0.3 is 15.3 Å². The summed E-state index contributed by atoms with van der Waals surface area (Å²) in [5, 5.41) is 13.6. The monoisotopic (exact) mass is 299 g/mol. The lowest BCUT2D eigenvalue weighted by Crippen LogP contribution is -2.51. The number of nitrogens with zero attached hydrogens (tertiary/aromatic N) is 1. The Hall–Kier alpha value is -2.12. The normalized spacial score (nSPS) is 18.6. The fourth-order valence-corrected chi connectivity index (χ4v) is 2.04. The van der Waals surface area contributed by atoms with Crippen LogP contribution in [0.5, 0.6) is 0 Å². The number of nitrogens with one attached hydrogen (secondary N) is 2. The summed E-state index contributed by atoms with van der Waals surface area (Å²) in [6, 6.07) is -1.67. The summed E-state index contributed by atoms with van der Waals surface area (Å²) in [4.78, 5) is 47.3. The van der Waals surface area contributed by atoms with E-state index in [4.69, 9.17) is 5.11 Å². The van der Waals surface area contributed by atoms with Gasteiger partial charge in [0.2, 0.25) is 5.91 Å². The van der Waals surface area contributed by atoms with Crippen LogP contribution >= 0.6 is 0 Å². The van der Waals surface area contributed by atoms with Crippen molar-refractivity contribution in [2.24, 2.45) is 5.92 Å². The number of urea groups is 1. The first-order valence-electron chi connectivity index (χ1n) is 6.71. The molecule has 0 aromatic rings. The Bertz CT molecular complexity index is 472. The number of hydrogen-bond donors (Lipinski definition) is 3. The molecule has 0 bridgehead atoms. The second-order valence-electron chi connectivity index (χ2n) is 5.99. The molecule has 1 aliphatic heterocycles. The van der Waals surface area contributed by atoms with Crippen LogP contribution in [0.25, 0.3) is 0 Å². The minimum Gasteiger partial charge on any atom is -0.480 e. The summed E-state index contributed by atoms with van der Waals surface area (Å²) in [6.07, 6.45) is 0.287. The minimum absolute atomic E-state index is 0.0968. The van der Waals surface area contributed by atoms with Gasteiger partial charge in [0.25, 0.3) is 5.91 Å². The number of carbonyl (C=O) groups is 4. The fraction of sp³-hybridized carbons (Fsp3) is 0.692. The SMILES string of the molecule is CC(C)CC(NC(=O)CN1C(=O)NC(=O)C1(C)C)C(=O)O. The second kappa shape index (κ2) is 6.11. The van der Waals surface area contributed by atoms with E-state index in [1.807, 2.05) is 13.8 Å². The molecule has 1 aliphatic rings. The first-order chi connectivity index (χ1) is 9.55. The van der Waals surface area contributed by atoms with Crippen molar-refractivity contribution < 1.29 is 24.3 Å². The Labute approximate surface area is 122 Å². The number of imide groups is 1. The largest absolute Gasteiger partial charge is 0.480 e. The first-order valence-corrected chi connectivity index (χ1v) is 6.71. The third-order valence-corrected chi connectivity index (χ3v) is 3.34. The van der Waals surface area contributed by atoms with Gasteiger partial charge in [0.15, 0.2) is 0 Å². The average molecular weight is 299 g/mol. The Kier molecular flexibility index (Phi) is 4.93. The average Bonchev–Trinajstić information content (AvgIpc) is 2.50. The van der Waals surface area contributed by atoms with Gasteiger partial charge in [0.05, 0.1) is 0 Å². The molecule has 0 radical (unpaired) electrons. The topological polar surface area (TPSA) is 116 Å². The van der Waals surface area contributed by atoms with Gasteiger partial charge in [-0.2, -0.15) is 0 Å². The maximum atomic E-state index is 11.9. The molecule has 1 atom stereocenters. The molecule has 1 rings (SSSR count). The van der Waals surface area contributed by atoms with Crippen molar-refractivity contribution in [2.75, 3.05) is 6.54 Å². The van der Waals surface area contributed by atoms with Crippen molar-refractivity contribution in [3.63, 3.8) is 0 Å². The van der Waals surface area contributed by atoms with Gasteiger partial charge in [0, 0.05) is 0 Å². The molecule has 118 valence electrons. The second-order valence-corrected chi connectivity index (χ2v) is 5.99. The molecule has 0 aliphatic carbocycles. The van der Waals surface area contributed by atoms with Crippen LogP contribution in [0, 0.1) is 5.92 Å². The summed E-state index contributed by atoms with van der Waals surface area (Å²) < 4.78 is 0. The standard InChI is InChI=1S/C13H21N3O5/c1-7(2)5-8(10(18)19)14-9(17)6-16-12(21)15-11(20)13(16,3)4/h7-8H,5-6H2,1-4H3,(H,14,17)(H,18,19)(H,15,20,21). The van der Waals surface area contributed by atoms with E-state index in [0.717, 1.165) is 4.90 Å². The zero-order valence-corrected chi connectivity index (χ0v) is 12.6. The summed E-state index contributed by atoms with van der Waals surface area (Å²) >= 11 is 0. The van der Waals surface area contributed by atoms with Gasteiger partial charge in [-0.05, 0) is 26.2 Å². The van der Waals surface area contributed by atoms with Gasteiger partial charge in [0.1, 0.15) is 18.1 Å². The van der Waals surface area contributed by atoms with E-state index in [0.29, 0.717) is 0 Å². The minimum atomic E-state index is -1.13. The molecular formula is C13H21N3O5. The van der Waals surface area contributed by atoms with Crippen LogP contribution < -0.4 is 10.6 Å². The molecule has 21 heavy (non-hydrogen) atoms. The number of amides is 4. The lowest BCUT2D eigenvalue weighted by molar-refractivity contribution is -0.142. The number of carbonyl (C=O) groups excluding carboxylic acids is 3. The predicted octanol–water partition coefficient (Wildman–Crippen LogP) is -0.0677. The summed E-state index contributed by atoms with van der Waals surface area (Å²) in [5.74, 6) is -2.13. The van der Waals surface area contributed by atoms with Crippen molar-refractivity contribution >= 4 is 23.8 Å². The number of carboxylic acids is 1. The van der Waals surface area contributed by atoms with Gasteiger partial charge >= 0.3 is 12.0 Å². The third kappa shape index (κ3) is 3.93. The van der Waals surface area contributed by atoms with Gasteiger partial charge in [-0.1, -0.05) is 13.8 Å². The van der Waals surface area contributed by atoms with E-state index >= 15 is 0 Å². The van der Waals surface area contributed by atoms with E-state index in [9.17, 15) is 19.2 Å². The third-order valence-electron chi connectivity index (χ3n) is 3.34. The highest BCUT2D eigenvalue weighted by Gasteiger charge is 2.46. The van der Waals surface area contributed by atoms with Crippen molar-refractivity contribution in [3.05, 3.63) is 0 Å². The molecule has 0 saturated carbocycles. The Balaban J connectivity index is 2.70. The molecule has 3 N–H and O–H groups in total. The molecule has 1 saturated heterocycles. The van der Waals surface area contributed by atoms with E-state index in [1.165, 1.54) is 13.8 Å². The van der Waals surface area contributed by atoms with Gasteiger partial charge in [-0.15, -0.1) is 0 Å². The highest BCUT2D eigenvalue weighted by atomic mass is 16.4. The van der Waals surface area contributed by atoms with Crippen LogP contribution in [0.15, 0.2) is 0 Å². The number of carboxylic acid groups (broad SMARTS) is 1. The smallest absolute Gasteiger partial charge is 0.326 e. The summed E-state index contributed by atoms with van der Waals surface area (Å²) in [7, 11) is 0. The lowest BCUT2D eigenvalue weighted by atomic mass is 10.0. The van der Waals surface area contributed by atoms with E-state index in [-0.39, 0.29) is 18.9 Å². The molecule has 1 heterocycles. The molecule has 8 heteroatoms. The zero-order chi connectivity index (χ0) is 16.4. The zero-order valence-electron chi connectivity index (χ0n) is 12.6. The lowest BCUT2D eigenvalue weighted by Gasteiger charge is -2.27. The van der Waals surface area contributed by atoms with Crippen molar-refractivity contribution in [1.29, 1.82) is 0 Å². The van der Waals surface area contributed by atoms with Gasteiger partial charge in [-0.25, -0.2) is 9.59 Å². The molecule has 0 aromatic carbocycles. The predicted molar refractivity (Wildman–Crippen MR) is 73.3 cm³/mol. The number of aliphatic carboxylic acids is 1. The fourth-order valence-electron chi connectivity index (χ4n) is 2.04. The number of hydrogen-bond acceptors (Lipinski definition) is 4. The van der Waals surface area contributed by atoms with Gasteiger partial charge in [-0.3, -0.25) is 14.9 Å². The van der Waals surface area contributed by atoms with Crippen molar-refractivity contribution in [3.8, 4) is 0 Å². The molecule has 1 fully saturated rings. The van der Waals surface area contributed by atoms with Crippen LogP contribution in [0.3, 0.4) is 0 Å². The summed E-state index contributed by atoms with van der Waals surface area (Å²) in [6.45, 7) is 6.36. The molecule has 0 aromatic heterocycles. The Morgan fingerprint density at radius 2 is 1.90 bits per heavy atom. The molecule has 1 unspecified atom stereocenters. The van der Waals surface area contributed by atoms with E-state index < -0.39 is 35.4 Å². The molecule has 0 spiro atoms. The van der Waals surface area contributed by atoms with E-state index in [2.05, 4.69) is 10.6 Å². The Morgan fingerprint density at radius 3 is 2.29 bits per heavy atom. The molecular weight excluding hydrogens is 278 g/mol. The van der Waals surface area contributed by atoms with Crippen LogP contribution in [0.2, 0.25) is 0 Å². The van der Waals surface area contributed by atoms with Crippen molar-refractivity contribution in [2.45, 2.75) is 45.7 Å². The van der Waals surface area contributed by atoms with Crippen LogP contribution in [-0.4, -0.2) is 51.9 Å².